The molecule has 6 nitrogen and oxygen atoms in total. The summed E-state index contributed by atoms with van der Waals surface area (Å²) < 4.78 is 37.9. The molecule has 0 radical (unpaired) electrons. The molecule has 0 aliphatic carbocycles. The monoisotopic (exact) mass is 400 g/mol. The molecule has 2 aromatic rings. The van der Waals surface area contributed by atoms with E-state index in [4.69, 9.17) is 9.47 Å². The lowest BCUT2D eigenvalue weighted by Gasteiger charge is -2.21. The highest BCUT2D eigenvalue weighted by atomic mass is 19.1. The standard InChI is InChI=1S/C21H18F2N2O4/c22-14-2-3-17(23)13(6-14)8-24-9-15-16(10-24)21(27)25(20(15)26)7-12-1-4-18-19(5-12)29-11-28-18/h1-6,15-16H,7-11H2/t15-,16+. The van der Waals surface area contributed by atoms with Gasteiger partial charge in [-0.3, -0.25) is 19.4 Å². The number of halogens is 2. The summed E-state index contributed by atoms with van der Waals surface area (Å²) in [5.41, 5.74) is 1.01. The highest BCUT2D eigenvalue weighted by molar-refractivity contribution is 6.05. The molecule has 5 rings (SSSR count). The summed E-state index contributed by atoms with van der Waals surface area (Å²) in [5, 5.41) is 0. The van der Waals surface area contributed by atoms with Crippen molar-refractivity contribution in [3.05, 3.63) is 59.2 Å². The minimum Gasteiger partial charge on any atom is -0.454 e. The van der Waals surface area contributed by atoms with Crippen LogP contribution in [0.5, 0.6) is 11.5 Å². The first-order chi connectivity index (χ1) is 14.0. The zero-order valence-electron chi connectivity index (χ0n) is 15.4. The molecule has 0 unspecified atom stereocenters. The number of amides is 2. The van der Waals surface area contributed by atoms with Crippen LogP contribution in [0.4, 0.5) is 8.78 Å². The van der Waals surface area contributed by atoms with Crippen LogP contribution in [0.2, 0.25) is 0 Å². The number of ether oxygens (including phenoxy) is 2. The predicted octanol–water partition coefficient (Wildman–Crippen LogP) is 2.31. The van der Waals surface area contributed by atoms with Gasteiger partial charge in [0.2, 0.25) is 18.6 Å². The zero-order chi connectivity index (χ0) is 20.1. The van der Waals surface area contributed by atoms with Crippen LogP contribution in [0, 0.1) is 23.5 Å². The highest BCUT2D eigenvalue weighted by Gasteiger charge is 2.52. The Morgan fingerprint density at radius 3 is 2.38 bits per heavy atom. The maximum absolute atomic E-state index is 13.9. The summed E-state index contributed by atoms with van der Waals surface area (Å²) in [5.74, 6) is -1.11. The van der Waals surface area contributed by atoms with Gasteiger partial charge in [0.15, 0.2) is 11.5 Å². The fraction of sp³-hybridized carbons (Fsp3) is 0.333. The van der Waals surface area contributed by atoms with Crippen molar-refractivity contribution in [2.75, 3.05) is 19.9 Å². The molecular weight excluding hydrogens is 382 g/mol. The molecule has 150 valence electrons. The number of hydrogen-bond donors (Lipinski definition) is 0. The number of likely N-dealkylation sites (tertiary alicyclic amines) is 2. The number of fused-ring (bicyclic) bond motifs is 2. The first-order valence-electron chi connectivity index (χ1n) is 9.39. The first kappa shape index (κ1) is 18.1. The second-order valence-electron chi connectivity index (χ2n) is 7.59. The largest absolute Gasteiger partial charge is 0.454 e. The van der Waals surface area contributed by atoms with Crippen LogP contribution in [0.1, 0.15) is 11.1 Å². The third-order valence-electron chi connectivity index (χ3n) is 5.74. The van der Waals surface area contributed by atoms with Crippen molar-refractivity contribution < 1.29 is 27.8 Å². The van der Waals surface area contributed by atoms with Gasteiger partial charge in [-0.25, -0.2) is 8.78 Å². The molecule has 0 N–H and O–H groups in total. The molecule has 3 heterocycles. The highest BCUT2D eigenvalue weighted by Crippen LogP contribution is 2.37. The molecule has 0 bridgehead atoms. The lowest BCUT2D eigenvalue weighted by Crippen LogP contribution is -2.35. The Labute approximate surface area is 165 Å². The Kier molecular flexibility index (Phi) is 4.24. The molecular formula is C21H18F2N2O4. The van der Waals surface area contributed by atoms with E-state index in [1.54, 1.807) is 18.2 Å². The molecule has 0 spiro atoms. The molecule has 29 heavy (non-hydrogen) atoms. The van der Waals surface area contributed by atoms with Gasteiger partial charge >= 0.3 is 0 Å². The quantitative estimate of drug-likeness (QED) is 0.738. The number of rotatable bonds is 4. The molecule has 8 heteroatoms. The van der Waals surface area contributed by atoms with Crippen LogP contribution in [-0.2, 0) is 22.7 Å². The van der Waals surface area contributed by atoms with E-state index < -0.39 is 23.5 Å². The van der Waals surface area contributed by atoms with Crippen molar-refractivity contribution in [2.24, 2.45) is 11.8 Å². The second kappa shape index (κ2) is 6.81. The summed E-state index contributed by atoms with van der Waals surface area (Å²) in [6.45, 7) is 1.21. The van der Waals surface area contributed by atoms with Gasteiger partial charge in [-0.1, -0.05) is 6.07 Å². The normalized spacial score (nSPS) is 23.2. The van der Waals surface area contributed by atoms with Crippen LogP contribution in [0.15, 0.2) is 36.4 Å². The SMILES string of the molecule is O=C1[C@H]2CN(Cc3cc(F)ccc3F)C[C@H]2C(=O)N1Cc1ccc2c(c1)OCO2. The van der Waals surface area contributed by atoms with Gasteiger partial charge in [-0.05, 0) is 35.9 Å². The molecule has 3 aliphatic heterocycles. The van der Waals surface area contributed by atoms with Gasteiger partial charge in [0.05, 0.1) is 18.4 Å². The van der Waals surface area contributed by atoms with Gasteiger partial charge in [0.25, 0.3) is 0 Å². The van der Waals surface area contributed by atoms with Gasteiger partial charge < -0.3 is 9.47 Å². The number of nitrogens with zero attached hydrogens (tertiary/aromatic N) is 2. The Hall–Kier alpha value is -3.00. The van der Waals surface area contributed by atoms with E-state index >= 15 is 0 Å². The number of carbonyl (C=O) groups is 2. The van der Waals surface area contributed by atoms with Crippen molar-refractivity contribution >= 4 is 11.8 Å². The summed E-state index contributed by atoms with van der Waals surface area (Å²) in [6, 6.07) is 8.65. The van der Waals surface area contributed by atoms with Crippen molar-refractivity contribution in [3.63, 3.8) is 0 Å². The fourth-order valence-electron chi connectivity index (χ4n) is 4.31. The van der Waals surface area contributed by atoms with E-state index in [2.05, 4.69) is 0 Å². The van der Waals surface area contributed by atoms with Gasteiger partial charge in [0.1, 0.15) is 11.6 Å². The van der Waals surface area contributed by atoms with Crippen molar-refractivity contribution in [1.29, 1.82) is 0 Å². The molecule has 0 aromatic heterocycles. The molecule has 2 aromatic carbocycles. The van der Waals surface area contributed by atoms with Crippen LogP contribution in [-0.4, -0.2) is 41.5 Å². The lowest BCUT2D eigenvalue weighted by atomic mass is 10.00. The smallest absolute Gasteiger partial charge is 0.234 e. The van der Waals surface area contributed by atoms with E-state index in [9.17, 15) is 18.4 Å². The van der Waals surface area contributed by atoms with Crippen LogP contribution < -0.4 is 9.47 Å². The molecule has 2 saturated heterocycles. The zero-order valence-corrected chi connectivity index (χ0v) is 15.4. The minimum absolute atomic E-state index is 0.159. The number of benzene rings is 2. The Morgan fingerprint density at radius 2 is 1.62 bits per heavy atom. The van der Waals surface area contributed by atoms with Crippen molar-refractivity contribution in [1.82, 2.24) is 9.80 Å². The van der Waals surface area contributed by atoms with Gasteiger partial charge in [-0.2, -0.15) is 0 Å². The van der Waals surface area contributed by atoms with E-state index in [1.165, 1.54) is 4.90 Å². The summed E-state index contributed by atoms with van der Waals surface area (Å²) in [6.07, 6.45) is 0. The van der Waals surface area contributed by atoms with Gasteiger partial charge in [0, 0.05) is 25.2 Å². The Balaban J connectivity index is 1.28. The molecule has 0 saturated carbocycles. The predicted molar refractivity (Wildman–Crippen MR) is 96.7 cm³/mol. The van der Waals surface area contributed by atoms with Crippen LogP contribution in [0.3, 0.4) is 0 Å². The van der Waals surface area contributed by atoms with E-state index in [-0.39, 0.29) is 37.3 Å². The first-order valence-corrected chi connectivity index (χ1v) is 9.39. The van der Waals surface area contributed by atoms with Crippen molar-refractivity contribution in [2.45, 2.75) is 13.1 Å². The second-order valence-corrected chi connectivity index (χ2v) is 7.59. The van der Waals surface area contributed by atoms with Gasteiger partial charge in [-0.15, -0.1) is 0 Å². The van der Waals surface area contributed by atoms with Crippen LogP contribution >= 0.6 is 0 Å². The number of imide groups is 1. The topological polar surface area (TPSA) is 59.1 Å². The number of carbonyl (C=O) groups excluding carboxylic acids is 2. The molecule has 2 amide bonds. The molecule has 3 aliphatic rings. The third kappa shape index (κ3) is 3.13. The Morgan fingerprint density at radius 1 is 0.897 bits per heavy atom. The summed E-state index contributed by atoms with van der Waals surface area (Å²) >= 11 is 0. The van der Waals surface area contributed by atoms with Crippen molar-refractivity contribution in [3.8, 4) is 11.5 Å². The maximum Gasteiger partial charge on any atom is 0.234 e. The average Bonchev–Trinajstić information content (AvgIpc) is 3.38. The number of hydrogen-bond acceptors (Lipinski definition) is 5. The molecule has 2 fully saturated rings. The minimum atomic E-state index is -0.511. The van der Waals surface area contributed by atoms with Crippen LogP contribution in [0.25, 0.3) is 0 Å². The lowest BCUT2D eigenvalue weighted by molar-refractivity contribution is -0.141. The average molecular weight is 400 g/mol. The van der Waals surface area contributed by atoms with E-state index in [0.717, 1.165) is 23.8 Å². The Bertz CT molecular complexity index is 988. The van der Waals surface area contributed by atoms with E-state index in [0.29, 0.717) is 24.6 Å². The maximum atomic E-state index is 13.9. The third-order valence-corrected chi connectivity index (χ3v) is 5.74. The van der Waals surface area contributed by atoms with E-state index in [1.807, 2.05) is 4.90 Å². The summed E-state index contributed by atoms with van der Waals surface area (Å²) in [7, 11) is 0. The summed E-state index contributed by atoms with van der Waals surface area (Å²) in [4.78, 5) is 28.8. The molecule has 2 atom stereocenters. The fourth-order valence-corrected chi connectivity index (χ4v) is 4.31.